The van der Waals surface area contributed by atoms with Gasteiger partial charge in [-0.05, 0) is 75.3 Å². The van der Waals surface area contributed by atoms with E-state index in [0.717, 1.165) is 44.8 Å². The number of hydrogen-bond donors (Lipinski definition) is 3. The van der Waals surface area contributed by atoms with Gasteiger partial charge in [0.25, 0.3) is 5.91 Å². The summed E-state index contributed by atoms with van der Waals surface area (Å²) in [7, 11) is -3.86. The van der Waals surface area contributed by atoms with Crippen LogP contribution in [-0.2, 0) is 14.8 Å². The zero-order valence-electron chi connectivity index (χ0n) is 22.0. The zero-order valence-corrected chi connectivity index (χ0v) is 22.8. The minimum atomic E-state index is -3.86. The number of anilines is 3. The number of benzene rings is 1. The van der Waals surface area contributed by atoms with Crippen LogP contribution in [0.25, 0.3) is 0 Å². The third kappa shape index (κ3) is 5.96. The van der Waals surface area contributed by atoms with E-state index in [1.165, 1.54) is 18.9 Å². The molecule has 10 nitrogen and oxygen atoms in total. The largest absolute Gasteiger partial charge is 0.395 e. The Kier molecular flexibility index (Phi) is 7.63. The molecule has 1 spiro atoms. The number of nitrogens with one attached hydrogen (secondary N) is 2. The molecule has 38 heavy (non-hydrogen) atoms. The van der Waals surface area contributed by atoms with Crippen LogP contribution in [0, 0.1) is 5.41 Å². The number of sulfonamides is 1. The molecule has 206 valence electrons. The van der Waals surface area contributed by atoms with Crippen LogP contribution >= 0.6 is 0 Å². The van der Waals surface area contributed by atoms with E-state index in [1.54, 1.807) is 25.1 Å². The van der Waals surface area contributed by atoms with Crippen molar-refractivity contribution in [3.63, 3.8) is 0 Å². The quantitative estimate of drug-likeness (QED) is 0.464. The van der Waals surface area contributed by atoms with Crippen molar-refractivity contribution in [2.75, 3.05) is 54.5 Å². The number of morpholine rings is 1. The summed E-state index contributed by atoms with van der Waals surface area (Å²) in [6.45, 7) is 6.93. The number of aliphatic hydroxyl groups excluding tert-OH is 1. The normalized spacial score (nSPS) is 21.8. The van der Waals surface area contributed by atoms with Crippen molar-refractivity contribution >= 4 is 33.3 Å². The summed E-state index contributed by atoms with van der Waals surface area (Å²) in [5, 5.41) is 12.3. The summed E-state index contributed by atoms with van der Waals surface area (Å²) in [4.78, 5) is 22.5. The Hall–Kier alpha value is -2.73. The predicted octanol–water partition coefficient (Wildman–Crippen LogP) is 2.60. The fraction of sp³-hybridized carbons (Fsp3) is 0.556. The summed E-state index contributed by atoms with van der Waals surface area (Å²) in [6.07, 6.45) is 4.67. The van der Waals surface area contributed by atoms with Crippen LogP contribution < -0.4 is 19.8 Å². The van der Waals surface area contributed by atoms with E-state index in [9.17, 15) is 18.3 Å². The van der Waals surface area contributed by atoms with Crippen LogP contribution in [0.1, 0.15) is 49.9 Å². The molecule has 1 aromatic heterocycles. The maximum Gasteiger partial charge on any atom is 0.258 e. The first-order valence-electron chi connectivity index (χ1n) is 13.4. The monoisotopic (exact) mass is 543 g/mol. The number of ether oxygens (including phenoxy) is 1. The SMILES string of the molecule is CC(CO)NS(=O)(=O)c1ccc(C(=O)Nc2cccc(N3CCO[C@H](C)C3)n2)c(N2CCC3(CC2)CC3)c1. The average molecular weight is 544 g/mol. The van der Waals surface area contributed by atoms with Gasteiger partial charge in [-0.15, -0.1) is 0 Å². The Bertz CT molecular complexity index is 1270. The Balaban J connectivity index is 1.41. The molecule has 2 aliphatic heterocycles. The van der Waals surface area contributed by atoms with Crippen molar-refractivity contribution in [1.29, 1.82) is 0 Å². The Morgan fingerprint density at radius 1 is 1.16 bits per heavy atom. The highest BCUT2D eigenvalue weighted by Gasteiger charge is 2.44. The molecule has 3 heterocycles. The highest BCUT2D eigenvalue weighted by atomic mass is 32.2. The van der Waals surface area contributed by atoms with Crippen molar-refractivity contribution in [3.8, 4) is 0 Å². The molecule has 1 aromatic carbocycles. The minimum absolute atomic E-state index is 0.0672. The molecule has 3 N–H and O–H groups in total. The van der Waals surface area contributed by atoms with Crippen molar-refractivity contribution in [2.24, 2.45) is 5.41 Å². The predicted molar refractivity (Wildman–Crippen MR) is 146 cm³/mol. The molecule has 1 saturated carbocycles. The first-order valence-corrected chi connectivity index (χ1v) is 14.8. The molecule has 3 aliphatic rings. The number of hydrogen-bond acceptors (Lipinski definition) is 8. The van der Waals surface area contributed by atoms with Crippen molar-refractivity contribution in [2.45, 2.75) is 56.6 Å². The standard InChI is InChI=1S/C27H37N5O5S/c1-19(18-33)30-38(35,36)21-6-7-22(23(16-21)31-12-10-27(8-9-27)11-13-31)26(34)29-24-4-3-5-25(28-24)32-14-15-37-20(2)17-32/h3-7,16,19-20,30,33H,8-15,17-18H2,1-2H3,(H,28,29,34)/t19?,20-/m1/s1. The molecular weight excluding hydrogens is 506 g/mol. The van der Waals surface area contributed by atoms with Gasteiger partial charge in [0.05, 0.1) is 35.5 Å². The van der Waals surface area contributed by atoms with Gasteiger partial charge in [-0.1, -0.05) is 6.07 Å². The topological polar surface area (TPSA) is 124 Å². The summed E-state index contributed by atoms with van der Waals surface area (Å²) in [5.74, 6) is 0.866. The van der Waals surface area contributed by atoms with Gasteiger partial charge in [0, 0.05) is 32.2 Å². The van der Waals surface area contributed by atoms with Crippen molar-refractivity contribution < 1.29 is 23.1 Å². The fourth-order valence-corrected chi connectivity index (χ4v) is 6.53. The van der Waals surface area contributed by atoms with E-state index >= 15 is 0 Å². The second kappa shape index (κ2) is 10.8. The van der Waals surface area contributed by atoms with Crippen LogP contribution in [0.15, 0.2) is 41.3 Å². The summed E-state index contributed by atoms with van der Waals surface area (Å²) in [6, 6.07) is 9.49. The van der Waals surface area contributed by atoms with E-state index in [-0.39, 0.29) is 23.5 Å². The smallest absolute Gasteiger partial charge is 0.258 e. The number of carbonyl (C=O) groups excluding carboxylic acids is 1. The molecule has 1 amide bonds. The van der Waals surface area contributed by atoms with Crippen LogP contribution in [0.2, 0.25) is 0 Å². The molecule has 2 aromatic rings. The van der Waals surface area contributed by atoms with Crippen molar-refractivity contribution in [3.05, 3.63) is 42.0 Å². The van der Waals surface area contributed by atoms with E-state index < -0.39 is 16.1 Å². The first-order chi connectivity index (χ1) is 18.2. The number of pyridine rings is 1. The second-order valence-corrected chi connectivity index (χ2v) is 12.5. The lowest BCUT2D eigenvalue weighted by atomic mass is 9.93. The third-order valence-corrected chi connectivity index (χ3v) is 9.40. The molecule has 2 atom stereocenters. The van der Waals surface area contributed by atoms with Crippen LogP contribution in [0.4, 0.5) is 17.3 Å². The number of carbonyl (C=O) groups is 1. The number of amides is 1. The van der Waals surface area contributed by atoms with E-state index in [1.807, 2.05) is 19.1 Å². The van der Waals surface area contributed by atoms with Gasteiger partial charge in [0.1, 0.15) is 11.6 Å². The number of aromatic nitrogens is 1. The summed E-state index contributed by atoms with van der Waals surface area (Å²) in [5.41, 5.74) is 1.43. The highest BCUT2D eigenvalue weighted by molar-refractivity contribution is 7.89. The lowest BCUT2D eigenvalue weighted by molar-refractivity contribution is 0.0529. The molecule has 11 heteroatoms. The molecule has 1 aliphatic carbocycles. The summed E-state index contributed by atoms with van der Waals surface area (Å²) < 4.78 is 34.0. The van der Waals surface area contributed by atoms with Gasteiger partial charge in [-0.3, -0.25) is 4.79 Å². The van der Waals surface area contributed by atoms with Gasteiger partial charge in [0.2, 0.25) is 10.0 Å². The number of aliphatic hydroxyl groups is 1. The zero-order chi connectivity index (χ0) is 26.9. The molecule has 5 rings (SSSR count). The first kappa shape index (κ1) is 26.9. The molecule has 0 bridgehead atoms. The second-order valence-electron chi connectivity index (χ2n) is 10.8. The average Bonchev–Trinajstić information content (AvgIpc) is 3.67. The lowest BCUT2D eigenvalue weighted by Crippen LogP contribution is -2.41. The van der Waals surface area contributed by atoms with Crippen molar-refractivity contribution in [1.82, 2.24) is 9.71 Å². The maximum atomic E-state index is 13.5. The van der Waals surface area contributed by atoms with E-state index in [0.29, 0.717) is 29.1 Å². The maximum absolute atomic E-state index is 13.5. The van der Waals surface area contributed by atoms with Gasteiger partial charge >= 0.3 is 0 Å². The van der Waals surface area contributed by atoms with Gasteiger partial charge in [-0.25, -0.2) is 18.1 Å². The highest BCUT2D eigenvalue weighted by Crippen LogP contribution is 2.54. The van der Waals surface area contributed by atoms with Crippen LogP contribution in [0.3, 0.4) is 0 Å². The summed E-state index contributed by atoms with van der Waals surface area (Å²) >= 11 is 0. The van der Waals surface area contributed by atoms with Gasteiger partial charge in [0.15, 0.2) is 0 Å². The van der Waals surface area contributed by atoms with E-state index in [2.05, 4.69) is 24.8 Å². The Morgan fingerprint density at radius 3 is 2.61 bits per heavy atom. The Labute approximate surface area is 224 Å². The number of rotatable bonds is 8. The van der Waals surface area contributed by atoms with Gasteiger partial charge < -0.3 is 25.0 Å². The molecule has 3 fully saturated rings. The molecular formula is C27H37N5O5S. The van der Waals surface area contributed by atoms with Crippen LogP contribution in [-0.4, -0.2) is 76.0 Å². The van der Waals surface area contributed by atoms with Crippen LogP contribution in [0.5, 0.6) is 0 Å². The third-order valence-electron chi connectivity index (χ3n) is 7.82. The lowest BCUT2D eigenvalue weighted by Gasteiger charge is -2.35. The van der Waals surface area contributed by atoms with Gasteiger partial charge in [-0.2, -0.15) is 0 Å². The molecule has 0 radical (unpaired) electrons. The number of nitrogens with zero attached hydrogens (tertiary/aromatic N) is 3. The van der Waals surface area contributed by atoms with E-state index in [4.69, 9.17) is 4.74 Å². The Morgan fingerprint density at radius 2 is 1.92 bits per heavy atom. The molecule has 1 unspecified atom stereocenters. The minimum Gasteiger partial charge on any atom is -0.395 e. The number of piperidine rings is 1. The fourth-order valence-electron chi connectivity index (χ4n) is 5.28. The molecule has 2 saturated heterocycles.